The van der Waals surface area contributed by atoms with Crippen LogP contribution in [0, 0.1) is 5.92 Å². The Balaban J connectivity index is 1.41. The first kappa shape index (κ1) is 14.9. The van der Waals surface area contributed by atoms with E-state index in [1.54, 1.807) is 0 Å². The Morgan fingerprint density at radius 2 is 2.09 bits per heavy atom. The molecular formula is C17H23N3O3. The molecule has 1 atom stereocenters. The summed E-state index contributed by atoms with van der Waals surface area (Å²) in [5.41, 5.74) is 0. The highest BCUT2D eigenvalue weighted by atomic mass is 16.5. The second kappa shape index (κ2) is 6.45. The van der Waals surface area contributed by atoms with Crippen molar-refractivity contribution in [3.63, 3.8) is 0 Å². The lowest BCUT2D eigenvalue weighted by Crippen LogP contribution is -2.32. The quantitative estimate of drug-likeness (QED) is 0.863. The Morgan fingerprint density at radius 3 is 2.87 bits per heavy atom. The van der Waals surface area contributed by atoms with Gasteiger partial charge in [-0.2, -0.15) is 4.98 Å². The van der Waals surface area contributed by atoms with E-state index >= 15 is 0 Å². The lowest BCUT2D eigenvalue weighted by Gasteiger charge is -2.29. The molecule has 2 fully saturated rings. The van der Waals surface area contributed by atoms with Crippen LogP contribution in [-0.4, -0.2) is 41.3 Å². The first-order chi connectivity index (χ1) is 11.3. The van der Waals surface area contributed by atoms with Crippen molar-refractivity contribution in [1.82, 2.24) is 15.0 Å². The largest absolute Gasteiger partial charge is 0.455 e. The molecule has 0 unspecified atom stereocenters. The Morgan fingerprint density at radius 1 is 1.22 bits per heavy atom. The third kappa shape index (κ3) is 3.33. The predicted octanol–water partition coefficient (Wildman–Crippen LogP) is 3.07. The first-order valence-corrected chi connectivity index (χ1v) is 8.51. The van der Waals surface area contributed by atoms with Crippen LogP contribution < -0.4 is 0 Å². The molecule has 0 aliphatic carbocycles. The van der Waals surface area contributed by atoms with Gasteiger partial charge in [0.2, 0.25) is 0 Å². The van der Waals surface area contributed by atoms with Crippen molar-refractivity contribution in [2.45, 2.75) is 38.6 Å². The normalized spacial score (nSPS) is 23.6. The van der Waals surface area contributed by atoms with E-state index in [2.05, 4.69) is 22.0 Å². The van der Waals surface area contributed by atoms with E-state index in [0.29, 0.717) is 18.3 Å². The maximum absolute atomic E-state index is 5.91. The van der Waals surface area contributed by atoms with Gasteiger partial charge in [-0.15, -0.1) is 0 Å². The van der Waals surface area contributed by atoms with Crippen LogP contribution in [-0.2, 0) is 11.3 Å². The van der Waals surface area contributed by atoms with Crippen LogP contribution >= 0.6 is 0 Å². The highest BCUT2D eigenvalue weighted by molar-refractivity contribution is 5.44. The van der Waals surface area contributed by atoms with Gasteiger partial charge in [-0.1, -0.05) is 12.1 Å². The van der Waals surface area contributed by atoms with Crippen molar-refractivity contribution in [2.24, 2.45) is 5.92 Å². The van der Waals surface area contributed by atoms with Crippen molar-refractivity contribution in [2.75, 3.05) is 26.3 Å². The molecule has 6 nitrogen and oxygen atoms in total. The Kier molecular flexibility index (Phi) is 4.18. The van der Waals surface area contributed by atoms with E-state index in [9.17, 15) is 0 Å². The third-order valence-electron chi connectivity index (χ3n) is 4.86. The van der Waals surface area contributed by atoms with E-state index < -0.39 is 0 Å². The highest BCUT2D eigenvalue weighted by Crippen LogP contribution is 2.27. The average Bonchev–Trinajstić information content (AvgIpc) is 3.30. The molecule has 2 aromatic rings. The van der Waals surface area contributed by atoms with Crippen LogP contribution in [0.3, 0.4) is 0 Å². The van der Waals surface area contributed by atoms with Gasteiger partial charge in [-0.25, -0.2) is 0 Å². The topological polar surface area (TPSA) is 64.5 Å². The summed E-state index contributed by atoms with van der Waals surface area (Å²) in [7, 11) is 0. The van der Waals surface area contributed by atoms with Crippen LogP contribution in [0.25, 0.3) is 11.7 Å². The minimum Gasteiger partial charge on any atom is -0.455 e. The van der Waals surface area contributed by atoms with Gasteiger partial charge in [0.1, 0.15) is 5.76 Å². The van der Waals surface area contributed by atoms with Gasteiger partial charge in [0.05, 0.1) is 13.2 Å². The summed E-state index contributed by atoms with van der Waals surface area (Å²) in [6.07, 6.45) is 3.49. The van der Waals surface area contributed by atoms with Crippen molar-refractivity contribution in [1.29, 1.82) is 0 Å². The SMILES string of the molecule is CC1CCN(Cc2ccc(-c3nc([C@H]4CCOC4)no3)o2)CC1. The molecule has 0 N–H and O–H groups in total. The van der Waals surface area contributed by atoms with Crippen LogP contribution in [0.4, 0.5) is 0 Å². The number of hydrogen-bond donors (Lipinski definition) is 0. The smallest absolute Gasteiger partial charge is 0.293 e. The Bertz CT molecular complexity index is 637. The van der Waals surface area contributed by atoms with Crippen molar-refractivity contribution >= 4 is 0 Å². The second-order valence-corrected chi connectivity index (χ2v) is 6.74. The minimum atomic E-state index is 0.247. The van der Waals surface area contributed by atoms with Gasteiger partial charge >= 0.3 is 0 Å². The van der Waals surface area contributed by atoms with E-state index in [4.69, 9.17) is 13.7 Å². The summed E-state index contributed by atoms with van der Waals surface area (Å²) in [6, 6.07) is 3.93. The molecule has 0 saturated carbocycles. The van der Waals surface area contributed by atoms with Gasteiger partial charge in [-0.05, 0) is 50.4 Å². The lowest BCUT2D eigenvalue weighted by atomic mass is 9.99. The van der Waals surface area contributed by atoms with E-state index in [1.807, 2.05) is 12.1 Å². The highest BCUT2D eigenvalue weighted by Gasteiger charge is 2.24. The summed E-state index contributed by atoms with van der Waals surface area (Å²) in [4.78, 5) is 6.91. The molecule has 124 valence electrons. The standard InChI is InChI=1S/C17H23N3O3/c1-12-4-7-20(8-5-12)10-14-2-3-15(22-14)17-18-16(19-23-17)13-6-9-21-11-13/h2-3,12-13H,4-11H2,1H3/t13-/m0/s1. The fourth-order valence-electron chi connectivity index (χ4n) is 3.26. The summed E-state index contributed by atoms with van der Waals surface area (Å²) in [5, 5.41) is 4.07. The summed E-state index contributed by atoms with van der Waals surface area (Å²) in [5.74, 6) is 3.89. The molecule has 2 aliphatic heterocycles. The first-order valence-electron chi connectivity index (χ1n) is 8.51. The lowest BCUT2D eigenvalue weighted by molar-refractivity contribution is 0.174. The maximum atomic E-state index is 5.91. The number of piperidine rings is 1. The molecule has 6 heteroatoms. The van der Waals surface area contributed by atoms with Gasteiger partial charge in [0.15, 0.2) is 11.6 Å². The molecule has 2 aliphatic rings. The number of nitrogens with zero attached hydrogens (tertiary/aromatic N) is 3. The third-order valence-corrected chi connectivity index (χ3v) is 4.86. The average molecular weight is 317 g/mol. The Labute approximate surface area is 135 Å². The Hall–Kier alpha value is -1.66. The van der Waals surface area contributed by atoms with Gasteiger partial charge in [0, 0.05) is 12.5 Å². The number of rotatable bonds is 4. The molecule has 4 rings (SSSR count). The zero-order valence-electron chi connectivity index (χ0n) is 13.5. The minimum absolute atomic E-state index is 0.247. The number of furan rings is 1. The number of likely N-dealkylation sites (tertiary alicyclic amines) is 1. The fraction of sp³-hybridized carbons (Fsp3) is 0.647. The monoisotopic (exact) mass is 317 g/mol. The summed E-state index contributed by atoms with van der Waals surface area (Å²) < 4.78 is 16.6. The molecule has 2 saturated heterocycles. The van der Waals surface area contributed by atoms with Gasteiger partial charge < -0.3 is 13.7 Å². The maximum Gasteiger partial charge on any atom is 0.293 e. The summed E-state index contributed by atoms with van der Waals surface area (Å²) >= 11 is 0. The zero-order chi connectivity index (χ0) is 15.6. The molecule has 2 aromatic heterocycles. The van der Waals surface area contributed by atoms with E-state index in [-0.39, 0.29) is 5.92 Å². The zero-order valence-corrected chi connectivity index (χ0v) is 13.5. The predicted molar refractivity (Wildman–Crippen MR) is 83.9 cm³/mol. The number of ether oxygens (including phenoxy) is 1. The molecular weight excluding hydrogens is 294 g/mol. The van der Waals surface area contributed by atoms with Crippen LogP contribution in [0.1, 0.15) is 43.7 Å². The second-order valence-electron chi connectivity index (χ2n) is 6.74. The number of aromatic nitrogens is 2. The molecule has 0 amide bonds. The van der Waals surface area contributed by atoms with Crippen LogP contribution in [0.5, 0.6) is 0 Å². The molecule has 0 spiro atoms. The van der Waals surface area contributed by atoms with Crippen LogP contribution in [0.15, 0.2) is 21.1 Å². The van der Waals surface area contributed by atoms with Gasteiger partial charge in [0.25, 0.3) is 5.89 Å². The molecule has 23 heavy (non-hydrogen) atoms. The molecule has 0 aromatic carbocycles. The molecule has 4 heterocycles. The van der Waals surface area contributed by atoms with Gasteiger partial charge in [-0.3, -0.25) is 4.90 Å². The molecule has 0 radical (unpaired) electrons. The van der Waals surface area contributed by atoms with Crippen molar-refractivity contribution in [3.8, 4) is 11.7 Å². The van der Waals surface area contributed by atoms with Crippen molar-refractivity contribution < 1.29 is 13.7 Å². The molecule has 0 bridgehead atoms. The van der Waals surface area contributed by atoms with E-state index in [1.165, 1.54) is 12.8 Å². The van der Waals surface area contributed by atoms with Crippen LogP contribution in [0.2, 0.25) is 0 Å². The summed E-state index contributed by atoms with van der Waals surface area (Å²) in [6.45, 7) is 6.91. The van der Waals surface area contributed by atoms with Crippen molar-refractivity contribution in [3.05, 3.63) is 23.7 Å². The van der Waals surface area contributed by atoms with E-state index in [0.717, 1.165) is 50.2 Å². The fourth-order valence-corrected chi connectivity index (χ4v) is 3.26. The number of hydrogen-bond acceptors (Lipinski definition) is 6.